The van der Waals surface area contributed by atoms with Gasteiger partial charge in [-0.15, -0.1) is 10.2 Å². The highest BCUT2D eigenvalue weighted by Gasteiger charge is 2.34. The van der Waals surface area contributed by atoms with Gasteiger partial charge in [0.1, 0.15) is 6.33 Å². The van der Waals surface area contributed by atoms with Crippen molar-refractivity contribution in [3.8, 4) is 0 Å². The smallest absolute Gasteiger partial charge is 0.225 e. The highest BCUT2D eigenvalue weighted by Crippen LogP contribution is 2.31. The average molecular weight is 314 g/mol. The Morgan fingerprint density at radius 1 is 1.26 bits per heavy atom. The molecule has 2 aromatic rings. The molecule has 1 saturated carbocycles. The summed E-state index contributed by atoms with van der Waals surface area (Å²) in [7, 11) is 0. The van der Waals surface area contributed by atoms with Crippen molar-refractivity contribution in [2.75, 3.05) is 31.1 Å². The van der Waals surface area contributed by atoms with Gasteiger partial charge in [-0.3, -0.25) is 4.79 Å². The predicted octanol–water partition coefficient (Wildman–Crippen LogP) is 1.14. The fourth-order valence-electron chi connectivity index (χ4n) is 3.23. The first-order valence-corrected chi connectivity index (χ1v) is 8.50. The van der Waals surface area contributed by atoms with Gasteiger partial charge in [-0.25, -0.2) is 0 Å². The van der Waals surface area contributed by atoms with Crippen LogP contribution >= 0.6 is 0 Å². The predicted molar refractivity (Wildman–Crippen MR) is 86.3 cm³/mol. The molecule has 0 aromatic carbocycles. The summed E-state index contributed by atoms with van der Waals surface area (Å²) in [6.07, 6.45) is 5.66. The van der Waals surface area contributed by atoms with E-state index in [1.807, 2.05) is 4.90 Å². The highest BCUT2D eigenvalue weighted by atomic mass is 16.2. The fourth-order valence-corrected chi connectivity index (χ4v) is 3.23. The van der Waals surface area contributed by atoms with Crippen molar-refractivity contribution in [2.45, 2.75) is 32.6 Å². The molecule has 3 heterocycles. The number of nitrogens with zero attached hydrogens (tertiary/aromatic N) is 6. The van der Waals surface area contributed by atoms with Crippen LogP contribution in [0.2, 0.25) is 0 Å². The summed E-state index contributed by atoms with van der Waals surface area (Å²) < 4.78 is 1.76. The van der Waals surface area contributed by atoms with Gasteiger partial charge in [0.2, 0.25) is 11.6 Å². The van der Waals surface area contributed by atoms with Gasteiger partial charge in [-0.2, -0.15) is 9.61 Å². The standard InChI is InChI=1S/C16H22N6O/c1-2-13-10-14(15-18-17-11-22(15)19-13)20-6-3-7-21(9-8-20)16(23)12-4-5-12/h10-12H,2-9H2,1H3. The van der Waals surface area contributed by atoms with Gasteiger partial charge in [0.05, 0.1) is 11.4 Å². The van der Waals surface area contributed by atoms with E-state index < -0.39 is 0 Å². The quantitative estimate of drug-likeness (QED) is 0.850. The minimum atomic E-state index is 0.303. The molecule has 0 bridgehead atoms. The lowest BCUT2D eigenvalue weighted by molar-refractivity contribution is -0.132. The molecule has 1 aliphatic carbocycles. The van der Waals surface area contributed by atoms with Crippen molar-refractivity contribution in [1.29, 1.82) is 0 Å². The number of aryl methyl sites for hydroxylation is 1. The number of hydrogen-bond donors (Lipinski definition) is 0. The summed E-state index contributed by atoms with van der Waals surface area (Å²) >= 11 is 0. The van der Waals surface area contributed by atoms with Gasteiger partial charge in [0, 0.05) is 32.1 Å². The number of carbonyl (C=O) groups excluding carboxylic acids is 1. The number of anilines is 1. The molecule has 0 spiro atoms. The molecular formula is C16H22N6O. The molecule has 2 aliphatic rings. The average Bonchev–Trinajstić information content (AvgIpc) is 3.35. The summed E-state index contributed by atoms with van der Waals surface area (Å²) in [5.74, 6) is 0.654. The molecule has 2 fully saturated rings. The molecule has 1 saturated heterocycles. The molecule has 122 valence electrons. The minimum Gasteiger partial charge on any atom is -0.367 e. The van der Waals surface area contributed by atoms with Crippen LogP contribution in [-0.4, -0.2) is 56.8 Å². The zero-order valence-corrected chi connectivity index (χ0v) is 13.5. The highest BCUT2D eigenvalue weighted by molar-refractivity contribution is 5.81. The second-order valence-electron chi connectivity index (χ2n) is 6.41. The molecule has 0 unspecified atom stereocenters. The Balaban J connectivity index is 1.58. The molecule has 0 radical (unpaired) electrons. The minimum absolute atomic E-state index is 0.303. The molecule has 23 heavy (non-hydrogen) atoms. The molecule has 1 aliphatic heterocycles. The number of rotatable bonds is 3. The van der Waals surface area contributed by atoms with Crippen LogP contribution in [0.5, 0.6) is 0 Å². The van der Waals surface area contributed by atoms with Crippen LogP contribution < -0.4 is 4.90 Å². The second-order valence-corrected chi connectivity index (χ2v) is 6.41. The van der Waals surface area contributed by atoms with Crippen molar-refractivity contribution in [2.24, 2.45) is 5.92 Å². The molecular weight excluding hydrogens is 292 g/mol. The van der Waals surface area contributed by atoms with Gasteiger partial charge in [-0.05, 0) is 31.7 Å². The fraction of sp³-hybridized carbons (Fsp3) is 0.625. The van der Waals surface area contributed by atoms with Crippen LogP contribution in [-0.2, 0) is 11.2 Å². The third-order valence-electron chi connectivity index (χ3n) is 4.74. The van der Waals surface area contributed by atoms with Crippen LogP contribution in [0.3, 0.4) is 0 Å². The second kappa shape index (κ2) is 5.79. The van der Waals surface area contributed by atoms with E-state index in [0.29, 0.717) is 11.8 Å². The van der Waals surface area contributed by atoms with Crippen molar-refractivity contribution < 1.29 is 4.79 Å². The van der Waals surface area contributed by atoms with E-state index in [9.17, 15) is 4.79 Å². The Morgan fingerprint density at radius 3 is 2.91 bits per heavy atom. The molecule has 4 rings (SSSR count). The van der Waals surface area contributed by atoms with E-state index in [1.54, 1.807) is 10.8 Å². The lowest BCUT2D eigenvalue weighted by Crippen LogP contribution is -2.36. The first-order chi connectivity index (χ1) is 11.3. The summed E-state index contributed by atoms with van der Waals surface area (Å²) in [4.78, 5) is 16.7. The molecule has 7 nitrogen and oxygen atoms in total. The Bertz CT molecular complexity index is 722. The Hall–Kier alpha value is -2.18. The first-order valence-electron chi connectivity index (χ1n) is 8.50. The molecule has 0 N–H and O–H groups in total. The summed E-state index contributed by atoms with van der Waals surface area (Å²) in [6.45, 7) is 5.53. The van der Waals surface area contributed by atoms with Crippen molar-refractivity contribution in [3.63, 3.8) is 0 Å². The van der Waals surface area contributed by atoms with Crippen LogP contribution in [0, 0.1) is 5.92 Å². The SMILES string of the molecule is CCc1cc(N2CCCN(C(=O)C3CC3)CC2)c2nncn2n1. The van der Waals surface area contributed by atoms with Gasteiger partial charge in [0.25, 0.3) is 0 Å². The van der Waals surface area contributed by atoms with E-state index in [0.717, 1.165) is 68.9 Å². The number of fused-ring (bicyclic) bond motifs is 1. The lowest BCUT2D eigenvalue weighted by atomic mass is 10.2. The van der Waals surface area contributed by atoms with Gasteiger partial charge >= 0.3 is 0 Å². The molecule has 1 amide bonds. The number of amides is 1. The van der Waals surface area contributed by atoms with Gasteiger partial charge in [0.15, 0.2) is 0 Å². The number of aromatic nitrogens is 4. The lowest BCUT2D eigenvalue weighted by Gasteiger charge is -2.24. The van der Waals surface area contributed by atoms with Crippen LogP contribution in [0.1, 0.15) is 31.9 Å². The maximum atomic E-state index is 12.3. The summed E-state index contributed by atoms with van der Waals surface area (Å²) in [5, 5.41) is 12.7. The topological polar surface area (TPSA) is 66.6 Å². The zero-order valence-electron chi connectivity index (χ0n) is 13.5. The monoisotopic (exact) mass is 314 g/mol. The van der Waals surface area contributed by atoms with Gasteiger partial charge < -0.3 is 9.80 Å². The van der Waals surface area contributed by atoms with E-state index >= 15 is 0 Å². The van der Waals surface area contributed by atoms with Crippen LogP contribution in [0.25, 0.3) is 5.65 Å². The number of hydrogen-bond acceptors (Lipinski definition) is 5. The number of carbonyl (C=O) groups is 1. The van der Waals surface area contributed by atoms with Crippen LogP contribution in [0.15, 0.2) is 12.4 Å². The largest absolute Gasteiger partial charge is 0.367 e. The van der Waals surface area contributed by atoms with Crippen molar-refractivity contribution in [1.82, 2.24) is 24.7 Å². The van der Waals surface area contributed by atoms with Gasteiger partial charge in [-0.1, -0.05) is 6.92 Å². The van der Waals surface area contributed by atoms with Crippen molar-refractivity contribution in [3.05, 3.63) is 18.1 Å². The third-order valence-corrected chi connectivity index (χ3v) is 4.74. The molecule has 7 heteroatoms. The normalized spacial score (nSPS) is 19.2. The van der Waals surface area contributed by atoms with E-state index in [4.69, 9.17) is 0 Å². The maximum Gasteiger partial charge on any atom is 0.225 e. The first kappa shape index (κ1) is 14.4. The van der Waals surface area contributed by atoms with Crippen molar-refractivity contribution >= 4 is 17.2 Å². The summed E-state index contributed by atoms with van der Waals surface area (Å²) in [6, 6.07) is 2.11. The van der Waals surface area contributed by atoms with E-state index in [1.165, 1.54) is 0 Å². The van der Waals surface area contributed by atoms with E-state index in [-0.39, 0.29) is 0 Å². The third kappa shape index (κ3) is 2.75. The summed E-state index contributed by atoms with van der Waals surface area (Å²) in [5.41, 5.74) is 2.90. The molecule has 0 atom stereocenters. The van der Waals surface area contributed by atoms with E-state index in [2.05, 4.69) is 33.2 Å². The maximum absolute atomic E-state index is 12.3. The van der Waals surface area contributed by atoms with Crippen LogP contribution in [0.4, 0.5) is 5.69 Å². The Kier molecular flexibility index (Phi) is 3.63. The Morgan fingerprint density at radius 2 is 2.13 bits per heavy atom. The Labute approximate surface area is 135 Å². The zero-order chi connectivity index (χ0) is 15.8. The molecule has 2 aromatic heterocycles.